The van der Waals surface area contributed by atoms with Crippen LogP contribution in [-0.2, 0) is 0 Å². The van der Waals surface area contributed by atoms with Gasteiger partial charge in [-0.2, -0.15) is 5.26 Å². The second kappa shape index (κ2) is 3.71. The Kier molecular flexibility index (Phi) is 2.63. The van der Waals surface area contributed by atoms with E-state index in [9.17, 15) is 14.7 Å². The molecule has 0 amide bonds. The molecule has 14 heavy (non-hydrogen) atoms. The topological polar surface area (TPSA) is 78.2 Å². The lowest BCUT2D eigenvalue weighted by atomic mass is 10.0. The molecule has 0 bridgehead atoms. The standard InChI is InChI=1S/C10H7NO3/c1-6(13)9-3-10(14)7(4-11)2-8(9)5-12/h2-3,5,14H,1H3. The van der Waals surface area contributed by atoms with Crippen LogP contribution in [0.1, 0.15) is 33.2 Å². The van der Waals surface area contributed by atoms with Gasteiger partial charge in [0.05, 0.1) is 5.56 Å². The van der Waals surface area contributed by atoms with Crippen molar-refractivity contribution in [1.82, 2.24) is 0 Å². The van der Waals surface area contributed by atoms with Crippen molar-refractivity contribution in [2.24, 2.45) is 0 Å². The summed E-state index contributed by atoms with van der Waals surface area (Å²) < 4.78 is 0. The van der Waals surface area contributed by atoms with Crippen molar-refractivity contribution < 1.29 is 14.7 Å². The molecule has 0 aliphatic heterocycles. The Hall–Kier alpha value is -2.15. The molecule has 0 aliphatic carbocycles. The maximum absolute atomic E-state index is 11.0. The number of nitrogens with zero attached hydrogens (tertiary/aromatic N) is 1. The van der Waals surface area contributed by atoms with Crippen LogP contribution in [0.15, 0.2) is 12.1 Å². The largest absolute Gasteiger partial charge is 0.507 e. The number of aldehydes is 1. The molecule has 1 rings (SSSR count). The van der Waals surface area contributed by atoms with Gasteiger partial charge in [0.15, 0.2) is 12.1 Å². The number of ketones is 1. The molecule has 4 nitrogen and oxygen atoms in total. The third-order valence-electron chi connectivity index (χ3n) is 1.79. The fourth-order valence-corrected chi connectivity index (χ4v) is 1.10. The molecule has 4 heteroatoms. The zero-order chi connectivity index (χ0) is 10.7. The predicted molar refractivity (Wildman–Crippen MR) is 48.2 cm³/mol. The van der Waals surface area contributed by atoms with Crippen LogP contribution in [0.5, 0.6) is 5.75 Å². The average Bonchev–Trinajstić information content (AvgIpc) is 2.17. The van der Waals surface area contributed by atoms with E-state index in [-0.39, 0.29) is 28.2 Å². The van der Waals surface area contributed by atoms with Crippen molar-refractivity contribution in [2.45, 2.75) is 6.92 Å². The van der Waals surface area contributed by atoms with Crippen LogP contribution in [0.3, 0.4) is 0 Å². The van der Waals surface area contributed by atoms with Gasteiger partial charge in [0, 0.05) is 11.1 Å². The van der Waals surface area contributed by atoms with Gasteiger partial charge >= 0.3 is 0 Å². The normalized spacial score (nSPS) is 9.14. The summed E-state index contributed by atoms with van der Waals surface area (Å²) in [4.78, 5) is 21.6. The number of phenols is 1. The van der Waals surface area contributed by atoms with Gasteiger partial charge in [-0.15, -0.1) is 0 Å². The number of aromatic hydroxyl groups is 1. The number of Topliss-reactive ketones (excluding diaryl/α,β-unsaturated/α-hetero) is 1. The SMILES string of the molecule is CC(=O)c1cc(O)c(C#N)cc1C=O. The highest BCUT2D eigenvalue weighted by Gasteiger charge is 2.11. The molecule has 1 N–H and O–H groups in total. The minimum absolute atomic E-state index is 0.0166. The Bertz CT molecular complexity index is 443. The van der Waals surface area contributed by atoms with Gasteiger partial charge < -0.3 is 5.11 Å². The van der Waals surface area contributed by atoms with E-state index >= 15 is 0 Å². The second-order valence-electron chi connectivity index (χ2n) is 2.74. The maximum atomic E-state index is 11.0. The van der Waals surface area contributed by atoms with E-state index in [1.165, 1.54) is 13.0 Å². The molecule has 70 valence electrons. The van der Waals surface area contributed by atoms with Crippen LogP contribution in [0.4, 0.5) is 0 Å². The highest BCUT2D eigenvalue weighted by Crippen LogP contribution is 2.21. The van der Waals surface area contributed by atoms with Gasteiger partial charge in [0.2, 0.25) is 0 Å². The van der Waals surface area contributed by atoms with Crippen LogP contribution in [0.25, 0.3) is 0 Å². The number of nitriles is 1. The molecular formula is C10H7NO3. The number of hydrogen-bond donors (Lipinski definition) is 1. The van der Waals surface area contributed by atoms with Gasteiger partial charge in [-0.25, -0.2) is 0 Å². The summed E-state index contributed by atoms with van der Waals surface area (Å²) in [5.41, 5.74) is 0.223. The number of benzene rings is 1. The number of hydrogen-bond acceptors (Lipinski definition) is 4. The summed E-state index contributed by atoms with van der Waals surface area (Å²) >= 11 is 0. The first kappa shape index (κ1) is 9.93. The minimum Gasteiger partial charge on any atom is -0.507 e. The van der Waals surface area contributed by atoms with Crippen LogP contribution in [0.2, 0.25) is 0 Å². The monoisotopic (exact) mass is 189 g/mol. The van der Waals surface area contributed by atoms with Crippen molar-refractivity contribution in [1.29, 1.82) is 5.26 Å². The molecule has 0 saturated heterocycles. The molecule has 0 radical (unpaired) electrons. The van der Waals surface area contributed by atoms with Crippen molar-refractivity contribution in [3.8, 4) is 11.8 Å². The molecule has 1 aromatic carbocycles. The molecule has 0 heterocycles. The van der Waals surface area contributed by atoms with Gasteiger partial charge in [-0.1, -0.05) is 0 Å². The Labute approximate surface area is 80.4 Å². The van der Waals surface area contributed by atoms with E-state index in [2.05, 4.69) is 0 Å². The van der Waals surface area contributed by atoms with Gasteiger partial charge in [0.1, 0.15) is 11.8 Å². The maximum Gasteiger partial charge on any atom is 0.160 e. The first-order valence-electron chi connectivity index (χ1n) is 3.83. The van der Waals surface area contributed by atoms with E-state index < -0.39 is 0 Å². The highest BCUT2D eigenvalue weighted by atomic mass is 16.3. The average molecular weight is 189 g/mol. The fraction of sp³-hybridized carbons (Fsp3) is 0.100. The van der Waals surface area contributed by atoms with E-state index in [0.717, 1.165) is 6.07 Å². The molecule has 0 aromatic heterocycles. The second-order valence-corrected chi connectivity index (χ2v) is 2.74. The smallest absolute Gasteiger partial charge is 0.160 e. The fourth-order valence-electron chi connectivity index (χ4n) is 1.10. The van der Waals surface area contributed by atoms with E-state index in [4.69, 9.17) is 5.26 Å². The quantitative estimate of drug-likeness (QED) is 0.561. The summed E-state index contributed by atoms with van der Waals surface area (Å²) in [5, 5.41) is 17.8. The van der Waals surface area contributed by atoms with Crippen LogP contribution >= 0.6 is 0 Å². The predicted octanol–water partition coefficient (Wildman–Crippen LogP) is 1.28. The van der Waals surface area contributed by atoms with Gasteiger partial charge in [0.25, 0.3) is 0 Å². The van der Waals surface area contributed by atoms with E-state index in [0.29, 0.717) is 6.29 Å². The van der Waals surface area contributed by atoms with Crippen LogP contribution in [0, 0.1) is 11.3 Å². The van der Waals surface area contributed by atoms with Crippen LogP contribution in [-0.4, -0.2) is 17.2 Å². The summed E-state index contributed by atoms with van der Waals surface area (Å²) in [6.07, 6.45) is 0.483. The molecule has 0 spiro atoms. The third-order valence-corrected chi connectivity index (χ3v) is 1.79. The Morgan fingerprint density at radius 3 is 2.64 bits per heavy atom. The zero-order valence-electron chi connectivity index (χ0n) is 7.44. The minimum atomic E-state index is -0.327. The van der Waals surface area contributed by atoms with E-state index in [1.807, 2.05) is 0 Å². The molecule has 0 unspecified atom stereocenters. The number of rotatable bonds is 2. The Morgan fingerprint density at radius 2 is 2.21 bits per heavy atom. The van der Waals surface area contributed by atoms with Crippen molar-refractivity contribution in [3.63, 3.8) is 0 Å². The van der Waals surface area contributed by atoms with Gasteiger partial charge in [-0.05, 0) is 19.1 Å². The molecule has 0 saturated carbocycles. The van der Waals surface area contributed by atoms with Crippen molar-refractivity contribution in [3.05, 3.63) is 28.8 Å². The first-order chi connectivity index (χ1) is 6.60. The number of carbonyl (C=O) groups is 2. The Balaban J connectivity index is 3.48. The first-order valence-corrected chi connectivity index (χ1v) is 3.83. The van der Waals surface area contributed by atoms with Gasteiger partial charge in [-0.3, -0.25) is 9.59 Å². The number of phenolic OH excluding ortho intramolecular Hbond substituents is 1. The van der Waals surface area contributed by atoms with Crippen molar-refractivity contribution in [2.75, 3.05) is 0 Å². The molecule has 0 aliphatic rings. The molecule has 1 aromatic rings. The highest BCUT2D eigenvalue weighted by molar-refractivity contribution is 6.02. The summed E-state index contributed by atoms with van der Waals surface area (Å²) in [7, 11) is 0. The van der Waals surface area contributed by atoms with E-state index in [1.54, 1.807) is 6.07 Å². The lowest BCUT2D eigenvalue weighted by molar-refractivity contribution is 0.100. The lowest BCUT2D eigenvalue weighted by Crippen LogP contribution is -1.99. The molecule has 0 fully saturated rings. The number of carbonyl (C=O) groups excluding carboxylic acids is 2. The Morgan fingerprint density at radius 1 is 1.57 bits per heavy atom. The summed E-state index contributed by atoms with van der Waals surface area (Å²) in [6.45, 7) is 1.29. The third kappa shape index (κ3) is 1.62. The molecule has 0 atom stereocenters. The zero-order valence-corrected chi connectivity index (χ0v) is 7.44. The van der Waals surface area contributed by atoms with Crippen molar-refractivity contribution >= 4 is 12.1 Å². The lowest BCUT2D eigenvalue weighted by Gasteiger charge is -2.02. The molecular weight excluding hydrogens is 182 g/mol. The summed E-state index contributed by atoms with van der Waals surface area (Å²) in [5.74, 6) is -0.616. The van der Waals surface area contributed by atoms with Crippen LogP contribution < -0.4 is 0 Å². The summed E-state index contributed by atoms with van der Waals surface area (Å²) in [6, 6.07) is 4.04.